The zero-order valence-electron chi connectivity index (χ0n) is 12.8. The van der Waals surface area contributed by atoms with Gasteiger partial charge in [-0.3, -0.25) is 0 Å². The first-order valence-electron chi connectivity index (χ1n) is 8.25. The lowest BCUT2D eigenvalue weighted by Gasteiger charge is -2.36. The van der Waals surface area contributed by atoms with Crippen LogP contribution in [0.25, 0.3) is 0 Å². The highest BCUT2D eigenvalue weighted by Gasteiger charge is 2.44. The van der Waals surface area contributed by atoms with Crippen molar-refractivity contribution < 1.29 is 18.7 Å². The number of hydrogen-bond acceptors (Lipinski definition) is 1. The van der Waals surface area contributed by atoms with Gasteiger partial charge in [-0.25, -0.2) is 4.79 Å². The van der Waals surface area contributed by atoms with Gasteiger partial charge in [0.1, 0.15) is 0 Å². The van der Waals surface area contributed by atoms with Crippen molar-refractivity contribution in [3.63, 3.8) is 0 Å². The molecule has 2 aliphatic rings. The van der Waals surface area contributed by atoms with Gasteiger partial charge in [-0.05, 0) is 49.9 Å². The molecule has 4 heteroatoms. The molecule has 1 fully saturated rings. The van der Waals surface area contributed by atoms with Gasteiger partial charge in [0.15, 0.2) is 0 Å². The molecule has 0 saturated heterocycles. The van der Waals surface area contributed by atoms with Crippen LogP contribution in [0.15, 0.2) is 11.6 Å². The van der Waals surface area contributed by atoms with Crippen molar-refractivity contribution in [1.82, 2.24) is 0 Å². The summed E-state index contributed by atoms with van der Waals surface area (Å²) in [6.07, 6.45) is 10.6. The molecule has 0 amide bonds. The first kappa shape index (κ1) is 16.4. The molecule has 0 bridgehead atoms. The third-order valence-corrected chi connectivity index (χ3v) is 5.38. The van der Waals surface area contributed by atoms with Crippen molar-refractivity contribution in [3.8, 4) is 0 Å². The van der Waals surface area contributed by atoms with Gasteiger partial charge in [0.25, 0.3) is 0 Å². The molecule has 2 aliphatic carbocycles. The maximum absolute atomic E-state index is 13.5. The van der Waals surface area contributed by atoms with E-state index in [2.05, 4.69) is 6.92 Å². The molecule has 1 N–H and O–H groups in total. The van der Waals surface area contributed by atoms with Gasteiger partial charge in [-0.15, -0.1) is 0 Å². The molecule has 2 nitrogen and oxygen atoms in total. The SMILES string of the molecule is CCCC1CCC(C2CC=C(C(F)(F)C(=O)O)CC2)CC1. The van der Waals surface area contributed by atoms with Crippen LogP contribution in [-0.2, 0) is 4.79 Å². The Bertz CT molecular complexity index is 396. The highest BCUT2D eigenvalue weighted by atomic mass is 19.3. The van der Waals surface area contributed by atoms with Crippen LogP contribution in [0.1, 0.15) is 64.7 Å². The molecule has 0 aromatic rings. The fourth-order valence-corrected chi connectivity index (χ4v) is 4.06. The van der Waals surface area contributed by atoms with E-state index in [0.717, 1.165) is 12.3 Å². The van der Waals surface area contributed by atoms with E-state index in [9.17, 15) is 13.6 Å². The Morgan fingerprint density at radius 2 is 1.90 bits per heavy atom. The van der Waals surface area contributed by atoms with Crippen molar-refractivity contribution >= 4 is 5.97 Å². The number of halogens is 2. The summed E-state index contributed by atoms with van der Waals surface area (Å²) in [7, 11) is 0. The maximum atomic E-state index is 13.5. The third kappa shape index (κ3) is 3.83. The van der Waals surface area contributed by atoms with Crippen LogP contribution in [0.2, 0.25) is 0 Å². The number of rotatable bonds is 5. The van der Waals surface area contributed by atoms with Crippen LogP contribution in [0.5, 0.6) is 0 Å². The lowest BCUT2D eigenvalue weighted by molar-refractivity contribution is -0.159. The Morgan fingerprint density at radius 1 is 1.24 bits per heavy atom. The van der Waals surface area contributed by atoms with E-state index in [1.54, 1.807) is 0 Å². The maximum Gasteiger partial charge on any atom is 0.379 e. The summed E-state index contributed by atoms with van der Waals surface area (Å²) >= 11 is 0. The zero-order chi connectivity index (χ0) is 15.5. The van der Waals surface area contributed by atoms with Crippen molar-refractivity contribution in [2.24, 2.45) is 17.8 Å². The van der Waals surface area contributed by atoms with E-state index in [4.69, 9.17) is 5.11 Å². The molecule has 0 spiro atoms. The van der Waals surface area contributed by atoms with E-state index in [-0.39, 0.29) is 12.0 Å². The predicted molar refractivity (Wildman–Crippen MR) is 78.4 cm³/mol. The van der Waals surface area contributed by atoms with Gasteiger partial charge < -0.3 is 5.11 Å². The number of alkyl halides is 2. The molecule has 2 rings (SSSR count). The van der Waals surface area contributed by atoms with Crippen LogP contribution < -0.4 is 0 Å². The summed E-state index contributed by atoms with van der Waals surface area (Å²) in [5, 5.41) is 8.60. The van der Waals surface area contributed by atoms with Gasteiger partial charge in [0.2, 0.25) is 0 Å². The minimum absolute atomic E-state index is 0.189. The summed E-state index contributed by atoms with van der Waals surface area (Å²) in [5.74, 6) is -3.72. The van der Waals surface area contributed by atoms with Crippen molar-refractivity contribution in [2.45, 2.75) is 70.6 Å². The predicted octanol–water partition coefficient (Wildman–Crippen LogP) is 5.04. The van der Waals surface area contributed by atoms with Crippen LogP contribution >= 0.6 is 0 Å². The molecule has 21 heavy (non-hydrogen) atoms. The first-order valence-corrected chi connectivity index (χ1v) is 8.25. The summed E-state index contributed by atoms with van der Waals surface area (Å²) in [5.41, 5.74) is -0.189. The molecule has 0 radical (unpaired) electrons. The minimum Gasteiger partial charge on any atom is -0.477 e. The average molecular weight is 300 g/mol. The van der Waals surface area contributed by atoms with E-state index in [1.807, 2.05) is 0 Å². The van der Waals surface area contributed by atoms with Gasteiger partial charge in [0.05, 0.1) is 0 Å². The van der Waals surface area contributed by atoms with E-state index < -0.39 is 11.9 Å². The lowest BCUT2D eigenvalue weighted by atomic mass is 9.70. The number of hydrogen-bond donors (Lipinski definition) is 1. The van der Waals surface area contributed by atoms with Gasteiger partial charge in [0, 0.05) is 5.57 Å². The molecule has 0 heterocycles. The molecule has 0 aliphatic heterocycles. The molecule has 1 atom stereocenters. The van der Waals surface area contributed by atoms with Crippen LogP contribution in [0, 0.1) is 17.8 Å². The van der Waals surface area contributed by atoms with Crippen LogP contribution in [0.3, 0.4) is 0 Å². The zero-order valence-corrected chi connectivity index (χ0v) is 12.8. The Morgan fingerprint density at radius 3 is 2.38 bits per heavy atom. The third-order valence-electron chi connectivity index (χ3n) is 5.38. The summed E-state index contributed by atoms with van der Waals surface area (Å²) in [6.45, 7) is 2.22. The summed E-state index contributed by atoms with van der Waals surface area (Å²) < 4.78 is 26.9. The van der Waals surface area contributed by atoms with Crippen molar-refractivity contribution in [3.05, 3.63) is 11.6 Å². The topological polar surface area (TPSA) is 37.3 Å². The molecule has 0 aromatic carbocycles. The van der Waals surface area contributed by atoms with E-state index in [1.165, 1.54) is 44.6 Å². The minimum atomic E-state index is -3.68. The molecule has 1 unspecified atom stereocenters. The lowest BCUT2D eigenvalue weighted by Crippen LogP contribution is -2.33. The second kappa shape index (κ2) is 6.89. The number of carbonyl (C=O) groups is 1. The smallest absolute Gasteiger partial charge is 0.379 e. The first-order chi connectivity index (χ1) is 9.95. The quantitative estimate of drug-likeness (QED) is 0.722. The normalized spacial score (nSPS) is 30.8. The Labute approximate surface area is 125 Å². The molecular weight excluding hydrogens is 274 g/mol. The van der Waals surface area contributed by atoms with E-state index >= 15 is 0 Å². The fraction of sp³-hybridized carbons (Fsp3) is 0.824. The highest BCUT2D eigenvalue weighted by Crippen LogP contribution is 2.42. The second-order valence-electron chi connectivity index (χ2n) is 6.71. The van der Waals surface area contributed by atoms with Gasteiger partial charge >= 0.3 is 11.9 Å². The average Bonchev–Trinajstić information content (AvgIpc) is 2.48. The second-order valence-corrected chi connectivity index (χ2v) is 6.71. The molecular formula is C17H26F2O2. The number of carboxylic acids is 1. The Balaban J connectivity index is 1.87. The summed E-state index contributed by atoms with van der Waals surface area (Å²) in [4.78, 5) is 10.6. The fourth-order valence-electron chi connectivity index (χ4n) is 4.06. The Kier molecular flexibility index (Phi) is 5.39. The standard InChI is InChI=1S/C17H26F2O2/c1-2-3-12-4-6-13(7-5-12)14-8-10-15(11-9-14)17(18,19)16(20)21/h10,12-14H,2-9,11H2,1H3,(H,20,21). The number of allylic oxidation sites excluding steroid dienone is 1. The highest BCUT2D eigenvalue weighted by molar-refractivity contribution is 5.79. The molecule has 0 aromatic heterocycles. The van der Waals surface area contributed by atoms with Crippen LogP contribution in [-0.4, -0.2) is 17.0 Å². The number of aliphatic carboxylic acids is 1. The monoisotopic (exact) mass is 300 g/mol. The van der Waals surface area contributed by atoms with Crippen molar-refractivity contribution in [2.75, 3.05) is 0 Å². The van der Waals surface area contributed by atoms with Crippen LogP contribution in [0.4, 0.5) is 8.78 Å². The van der Waals surface area contributed by atoms with Gasteiger partial charge in [-0.2, -0.15) is 8.78 Å². The molecule has 1 saturated carbocycles. The van der Waals surface area contributed by atoms with Gasteiger partial charge in [-0.1, -0.05) is 38.7 Å². The van der Waals surface area contributed by atoms with E-state index in [0.29, 0.717) is 18.3 Å². The molecule has 120 valence electrons. The largest absolute Gasteiger partial charge is 0.477 e. The number of carboxylic acid groups (broad SMARTS) is 1. The Hall–Kier alpha value is -0.930. The summed E-state index contributed by atoms with van der Waals surface area (Å²) in [6, 6.07) is 0. The van der Waals surface area contributed by atoms with Crippen molar-refractivity contribution in [1.29, 1.82) is 0 Å².